The first-order chi connectivity index (χ1) is 13.8. The number of nitrogens with zero attached hydrogens (tertiary/aromatic N) is 3. The molecule has 1 fully saturated rings. The molecule has 3 rings (SSSR count). The van der Waals surface area contributed by atoms with E-state index >= 15 is 0 Å². The van der Waals surface area contributed by atoms with Gasteiger partial charge in [0.2, 0.25) is 15.9 Å². The molecule has 6 nitrogen and oxygen atoms in total. The van der Waals surface area contributed by atoms with Crippen molar-refractivity contribution in [2.45, 2.75) is 17.9 Å². The number of carbonyl (C=O) groups is 1. The van der Waals surface area contributed by atoms with Crippen molar-refractivity contribution in [1.29, 1.82) is 0 Å². The second-order valence-electron chi connectivity index (χ2n) is 7.19. The van der Waals surface area contributed by atoms with Gasteiger partial charge < -0.3 is 4.90 Å². The van der Waals surface area contributed by atoms with Crippen molar-refractivity contribution in [2.75, 3.05) is 39.8 Å². The molecule has 0 bridgehead atoms. The van der Waals surface area contributed by atoms with Gasteiger partial charge in [0.15, 0.2) is 0 Å². The summed E-state index contributed by atoms with van der Waals surface area (Å²) in [5, 5.41) is 0.742. The molecule has 1 aliphatic heterocycles. The van der Waals surface area contributed by atoms with Gasteiger partial charge in [0.25, 0.3) is 0 Å². The molecule has 0 N–H and O–H groups in total. The highest BCUT2D eigenvalue weighted by atomic mass is 35.5. The Balaban J connectivity index is 1.57. The molecule has 0 aromatic heterocycles. The minimum absolute atomic E-state index is 0.155. The highest BCUT2D eigenvalue weighted by Gasteiger charge is 2.28. The average molecular weight is 436 g/mol. The maximum Gasteiger partial charge on any atom is 0.243 e. The Morgan fingerprint density at radius 3 is 2.24 bits per heavy atom. The van der Waals surface area contributed by atoms with E-state index in [9.17, 15) is 13.2 Å². The summed E-state index contributed by atoms with van der Waals surface area (Å²) >= 11 is 6.31. The number of amides is 1. The highest BCUT2D eigenvalue weighted by molar-refractivity contribution is 7.89. The molecule has 156 valence electrons. The van der Waals surface area contributed by atoms with E-state index in [4.69, 9.17) is 11.6 Å². The Morgan fingerprint density at radius 2 is 1.62 bits per heavy atom. The summed E-state index contributed by atoms with van der Waals surface area (Å²) in [5.41, 5.74) is 1.07. The van der Waals surface area contributed by atoms with Crippen LogP contribution < -0.4 is 0 Å². The second kappa shape index (κ2) is 9.26. The lowest BCUT2D eigenvalue weighted by molar-refractivity contribution is -0.133. The first-order valence-corrected chi connectivity index (χ1v) is 11.4. The monoisotopic (exact) mass is 435 g/mol. The Bertz CT molecular complexity index is 945. The lowest BCUT2D eigenvalue weighted by Crippen LogP contribution is -2.51. The van der Waals surface area contributed by atoms with Crippen LogP contribution in [0.15, 0.2) is 59.5 Å². The molecule has 1 saturated heterocycles. The van der Waals surface area contributed by atoms with Gasteiger partial charge >= 0.3 is 0 Å². The van der Waals surface area contributed by atoms with Crippen LogP contribution in [0.4, 0.5) is 0 Å². The zero-order chi connectivity index (χ0) is 21.0. The summed E-state index contributed by atoms with van der Waals surface area (Å²) in [5.74, 6) is -0.183. The van der Waals surface area contributed by atoms with Gasteiger partial charge in [-0.15, -0.1) is 0 Å². The molecule has 1 unspecified atom stereocenters. The zero-order valence-electron chi connectivity index (χ0n) is 16.7. The number of benzene rings is 2. The molecule has 2 aromatic carbocycles. The number of sulfonamides is 1. The van der Waals surface area contributed by atoms with Crippen molar-refractivity contribution < 1.29 is 13.2 Å². The number of likely N-dealkylation sites (N-methyl/N-ethyl adjacent to an activating group) is 1. The number of carbonyl (C=O) groups excluding carboxylic acids is 1. The van der Waals surface area contributed by atoms with Gasteiger partial charge in [-0.25, -0.2) is 8.42 Å². The van der Waals surface area contributed by atoms with E-state index in [-0.39, 0.29) is 23.4 Å². The van der Waals surface area contributed by atoms with Crippen molar-refractivity contribution in [2.24, 2.45) is 0 Å². The van der Waals surface area contributed by atoms with Crippen molar-refractivity contribution in [1.82, 2.24) is 14.1 Å². The SMILES string of the molecule is CC(c1ccccc1Cl)N1CCN(C(=O)CN(C)S(=O)(=O)c2ccccc2)CC1. The summed E-state index contributed by atoms with van der Waals surface area (Å²) in [7, 11) is -2.24. The first kappa shape index (κ1) is 21.8. The number of halogens is 1. The Morgan fingerprint density at radius 1 is 1.03 bits per heavy atom. The van der Waals surface area contributed by atoms with Crippen LogP contribution in [0.2, 0.25) is 5.02 Å². The Hall–Kier alpha value is -1.93. The zero-order valence-corrected chi connectivity index (χ0v) is 18.2. The molecule has 1 amide bonds. The van der Waals surface area contributed by atoms with E-state index in [1.165, 1.54) is 19.2 Å². The Labute approximate surface area is 177 Å². The molecule has 1 atom stereocenters. The summed E-state index contributed by atoms with van der Waals surface area (Å²) in [4.78, 5) is 16.9. The minimum atomic E-state index is -3.68. The first-order valence-electron chi connectivity index (χ1n) is 9.58. The van der Waals surface area contributed by atoms with Gasteiger partial charge in [-0.05, 0) is 30.7 Å². The van der Waals surface area contributed by atoms with Crippen LogP contribution >= 0.6 is 11.6 Å². The summed E-state index contributed by atoms with van der Waals surface area (Å²) in [6, 6.07) is 16.1. The fraction of sp³-hybridized carbons (Fsp3) is 0.381. The predicted molar refractivity (Wildman–Crippen MR) is 114 cm³/mol. The smallest absolute Gasteiger partial charge is 0.243 e. The molecule has 0 aliphatic carbocycles. The number of rotatable bonds is 6. The van der Waals surface area contributed by atoms with Crippen LogP contribution in [-0.4, -0.2) is 68.2 Å². The molecule has 0 saturated carbocycles. The van der Waals surface area contributed by atoms with E-state index in [0.29, 0.717) is 26.2 Å². The number of hydrogen-bond acceptors (Lipinski definition) is 4. The van der Waals surface area contributed by atoms with Crippen LogP contribution in [-0.2, 0) is 14.8 Å². The topological polar surface area (TPSA) is 60.9 Å². The van der Waals surface area contributed by atoms with Gasteiger partial charge in [0.05, 0.1) is 11.4 Å². The second-order valence-corrected chi connectivity index (χ2v) is 9.64. The van der Waals surface area contributed by atoms with Crippen LogP contribution in [0, 0.1) is 0 Å². The molecule has 2 aromatic rings. The third-order valence-electron chi connectivity index (χ3n) is 5.38. The minimum Gasteiger partial charge on any atom is -0.339 e. The van der Waals surface area contributed by atoms with Gasteiger partial charge in [0.1, 0.15) is 0 Å². The van der Waals surface area contributed by atoms with E-state index in [0.717, 1.165) is 14.9 Å². The van der Waals surface area contributed by atoms with Crippen molar-refractivity contribution >= 4 is 27.5 Å². The fourth-order valence-corrected chi connectivity index (χ4v) is 4.95. The summed E-state index contributed by atoms with van der Waals surface area (Å²) < 4.78 is 26.3. The van der Waals surface area contributed by atoms with E-state index < -0.39 is 10.0 Å². The van der Waals surface area contributed by atoms with Crippen molar-refractivity contribution in [3.63, 3.8) is 0 Å². The molecular weight excluding hydrogens is 410 g/mol. The number of piperazine rings is 1. The van der Waals surface area contributed by atoms with Gasteiger partial charge in [-0.1, -0.05) is 48.0 Å². The highest BCUT2D eigenvalue weighted by Crippen LogP contribution is 2.27. The molecule has 0 spiro atoms. The molecule has 8 heteroatoms. The average Bonchev–Trinajstić information content (AvgIpc) is 2.74. The van der Waals surface area contributed by atoms with E-state index in [1.807, 2.05) is 24.3 Å². The maximum absolute atomic E-state index is 12.7. The van der Waals surface area contributed by atoms with Crippen LogP contribution in [0.3, 0.4) is 0 Å². The summed E-state index contributed by atoms with van der Waals surface area (Å²) in [6.45, 7) is 4.50. The van der Waals surface area contributed by atoms with Crippen LogP contribution in [0.25, 0.3) is 0 Å². The molecule has 1 heterocycles. The van der Waals surface area contributed by atoms with Crippen molar-refractivity contribution in [3.05, 3.63) is 65.2 Å². The molecule has 29 heavy (non-hydrogen) atoms. The molecular formula is C21H26ClN3O3S. The fourth-order valence-electron chi connectivity index (χ4n) is 3.52. The van der Waals surface area contributed by atoms with Gasteiger partial charge in [-0.2, -0.15) is 4.31 Å². The van der Waals surface area contributed by atoms with E-state index in [2.05, 4.69) is 11.8 Å². The van der Waals surface area contributed by atoms with Crippen LogP contribution in [0.5, 0.6) is 0 Å². The van der Waals surface area contributed by atoms with Gasteiger partial charge in [-0.3, -0.25) is 9.69 Å². The third-order valence-corrected chi connectivity index (χ3v) is 7.54. The molecule has 1 aliphatic rings. The third kappa shape index (κ3) is 4.98. The predicted octanol–water partition coefficient (Wildman–Crippen LogP) is 2.87. The largest absolute Gasteiger partial charge is 0.339 e. The maximum atomic E-state index is 12.7. The lowest BCUT2D eigenvalue weighted by Gasteiger charge is -2.38. The Kier molecular flexibility index (Phi) is 6.95. The lowest BCUT2D eigenvalue weighted by atomic mass is 10.1. The quantitative estimate of drug-likeness (QED) is 0.700. The van der Waals surface area contributed by atoms with Crippen LogP contribution in [0.1, 0.15) is 18.5 Å². The van der Waals surface area contributed by atoms with Gasteiger partial charge in [0, 0.05) is 44.3 Å². The van der Waals surface area contributed by atoms with Crippen molar-refractivity contribution in [3.8, 4) is 0 Å². The van der Waals surface area contributed by atoms with E-state index in [1.54, 1.807) is 23.1 Å². The normalized spacial score (nSPS) is 16.8. The molecule has 0 radical (unpaired) electrons. The summed E-state index contributed by atoms with van der Waals surface area (Å²) in [6.07, 6.45) is 0. The standard InChI is InChI=1S/C21H26ClN3O3S/c1-17(19-10-6-7-11-20(19)22)24-12-14-25(15-13-24)21(26)16-23(2)29(27,28)18-8-4-3-5-9-18/h3-11,17H,12-16H2,1-2H3. The number of hydrogen-bond donors (Lipinski definition) is 0.